The molecule has 0 amide bonds. The van der Waals surface area contributed by atoms with Crippen LogP contribution in [0.1, 0.15) is 45.6 Å². The zero-order chi connectivity index (χ0) is 18.1. The summed E-state index contributed by atoms with van der Waals surface area (Å²) >= 11 is 1.80. The van der Waals surface area contributed by atoms with Crippen LogP contribution in [0.5, 0.6) is 0 Å². The van der Waals surface area contributed by atoms with E-state index in [-0.39, 0.29) is 5.97 Å². The first-order valence-electron chi connectivity index (χ1n) is 8.89. The Kier molecular flexibility index (Phi) is 4.78. The van der Waals surface area contributed by atoms with Gasteiger partial charge in [0, 0.05) is 12.5 Å². The van der Waals surface area contributed by atoms with Crippen molar-refractivity contribution in [1.29, 1.82) is 0 Å². The second-order valence-corrected chi connectivity index (χ2v) is 7.83. The average molecular weight is 370 g/mol. The standard InChI is InChI=1S/C20H22N2O3S/c1-13-16(20(23)24-2)10-15(25-13)12-22-9-5-6-14(11-22)19-21-17-7-3-4-8-18(17)26-19/h3-4,7-8,10,14H,5-6,9,11-12H2,1-2H3/t14-/m1/s1. The Labute approximate surface area is 156 Å². The van der Waals surface area contributed by atoms with Crippen LogP contribution in [0.25, 0.3) is 10.2 Å². The molecule has 3 aromatic rings. The average Bonchev–Trinajstić information content (AvgIpc) is 3.24. The number of aryl methyl sites for hydroxylation is 1. The number of nitrogens with zero attached hydrogens (tertiary/aromatic N) is 2. The summed E-state index contributed by atoms with van der Waals surface area (Å²) in [5.41, 5.74) is 1.61. The van der Waals surface area contributed by atoms with Crippen LogP contribution in [0.2, 0.25) is 0 Å². The quantitative estimate of drug-likeness (QED) is 0.639. The van der Waals surface area contributed by atoms with Crippen molar-refractivity contribution < 1.29 is 13.9 Å². The molecule has 136 valence electrons. The maximum absolute atomic E-state index is 11.8. The summed E-state index contributed by atoms with van der Waals surface area (Å²) in [6, 6.07) is 10.1. The SMILES string of the molecule is COC(=O)c1cc(CN2CCC[C@@H](c3nc4ccccc4s3)C2)oc1C. The molecule has 6 heteroatoms. The van der Waals surface area contributed by atoms with Crippen LogP contribution in [-0.4, -0.2) is 36.1 Å². The van der Waals surface area contributed by atoms with Gasteiger partial charge in [-0.2, -0.15) is 0 Å². The summed E-state index contributed by atoms with van der Waals surface area (Å²) < 4.78 is 11.8. The van der Waals surface area contributed by atoms with E-state index in [1.165, 1.54) is 23.2 Å². The van der Waals surface area contributed by atoms with E-state index in [1.807, 2.05) is 12.1 Å². The van der Waals surface area contributed by atoms with E-state index in [9.17, 15) is 4.79 Å². The number of esters is 1. The zero-order valence-electron chi connectivity index (χ0n) is 15.0. The molecule has 3 heterocycles. The molecule has 0 unspecified atom stereocenters. The van der Waals surface area contributed by atoms with Gasteiger partial charge in [-0.05, 0) is 44.5 Å². The molecule has 5 nitrogen and oxygen atoms in total. The number of piperidine rings is 1. The van der Waals surface area contributed by atoms with Gasteiger partial charge < -0.3 is 9.15 Å². The molecular weight excluding hydrogens is 348 g/mol. The van der Waals surface area contributed by atoms with Crippen LogP contribution in [-0.2, 0) is 11.3 Å². The van der Waals surface area contributed by atoms with Gasteiger partial charge in [0.15, 0.2) is 0 Å². The molecule has 1 aliphatic heterocycles. The maximum atomic E-state index is 11.8. The van der Waals surface area contributed by atoms with Crippen LogP contribution in [0.3, 0.4) is 0 Å². The van der Waals surface area contributed by atoms with E-state index < -0.39 is 0 Å². The fourth-order valence-electron chi connectivity index (χ4n) is 3.62. The third-order valence-corrected chi connectivity index (χ3v) is 6.12. The third-order valence-electron chi connectivity index (χ3n) is 4.92. The van der Waals surface area contributed by atoms with E-state index >= 15 is 0 Å². The highest BCUT2D eigenvalue weighted by atomic mass is 32.1. The number of benzene rings is 1. The Morgan fingerprint density at radius 2 is 2.27 bits per heavy atom. The van der Waals surface area contributed by atoms with Crippen LogP contribution < -0.4 is 0 Å². The highest BCUT2D eigenvalue weighted by molar-refractivity contribution is 7.18. The van der Waals surface area contributed by atoms with Crippen molar-refractivity contribution >= 4 is 27.5 Å². The number of thiazole rings is 1. The summed E-state index contributed by atoms with van der Waals surface area (Å²) in [5, 5.41) is 1.22. The first kappa shape index (κ1) is 17.2. The molecule has 2 aromatic heterocycles. The number of rotatable bonds is 4. The summed E-state index contributed by atoms with van der Waals surface area (Å²) in [5.74, 6) is 1.54. The fourth-order valence-corrected chi connectivity index (χ4v) is 4.71. The molecule has 1 aliphatic rings. The topological polar surface area (TPSA) is 55.6 Å². The molecule has 0 aliphatic carbocycles. The van der Waals surface area contributed by atoms with E-state index in [1.54, 1.807) is 18.3 Å². The summed E-state index contributed by atoms with van der Waals surface area (Å²) in [4.78, 5) is 19.0. The lowest BCUT2D eigenvalue weighted by Gasteiger charge is -2.31. The maximum Gasteiger partial charge on any atom is 0.341 e. The number of hydrogen-bond acceptors (Lipinski definition) is 6. The van der Waals surface area contributed by atoms with Gasteiger partial charge >= 0.3 is 5.97 Å². The zero-order valence-corrected chi connectivity index (χ0v) is 15.8. The lowest BCUT2D eigenvalue weighted by molar-refractivity contribution is 0.0599. The van der Waals surface area contributed by atoms with Crippen molar-refractivity contribution in [2.45, 2.75) is 32.2 Å². The normalized spacial score (nSPS) is 18.3. The smallest absolute Gasteiger partial charge is 0.341 e. The van der Waals surface area contributed by atoms with Gasteiger partial charge in [-0.25, -0.2) is 9.78 Å². The van der Waals surface area contributed by atoms with Crippen LogP contribution in [0.15, 0.2) is 34.7 Å². The van der Waals surface area contributed by atoms with Gasteiger partial charge in [-0.3, -0.25) is 4.90 Å². The minimum atomic E-state index is -0.344. The van der Waals surface area contributed by atoms with Gasteiger partial charge in [0.2, 0.25) is 0 Å². The number of carbonyl (C=O) groups excluding carboxylic acids is 1. The number of methoxy groups -OCH3 is 1. The Morgan fingerprint density at radius 3 is 3.08 bits per heavy atom. The molecule has 4 rings (SSSR count). The third kappa shape index (κ3) is 3.39. The summed E-state index contributed by atoms with van der Waals surface area (Å²) in [6.07, 6.45) is 2.31. The second kappa shape index (κ2) is 7.21. The van der Waals surface area contributed by atoms with Gasteiger partial charge in [0.25, 0.3) is 0 Å². The van der Waals surface area contributed by atoms with Gasteiger partial charge in [0.1, 0.15) is 17.1 Å². The molecule has 1 saturated heterocycles. The van der Waals surface area contributed by atoms with Crippen LogP contribution >= 0.6 is 11.3 Å². The number of para-hydroxylation sites is 1. The van der Waals surface area contributed by atoms with E-state index in [2.05, 4.69) is 23.1 Å². The van der Waals surface area contributed by atoms with Gasteiger partial charge in [-0.1, -0.05) is 12.1 Å². The molecule has 0 bridgehead atoms. The molecule has 0 radical (unpaired) electrons. The minimum absolute atomic E-state index is 0.344. The molecule has 1 fully saturated rings. The summed E-state index contributed by atoms with van der Waals surface area (Å²) in [7, 11) is 1.39. The van der Waals surface area contributed by atoms with Crippen molar-refractivity contribution in [3.8, 4) is 0 Å². The highest BCUT2D eigenvalue weighted by Crippen LogP contribution is 2.33. The number of ether oxygens (including phenoxy) is 1. The van der Waals surface area contributed by atoms with Crippen molar-refractivity contribution in [2.75, 3.05) is 20.2 Å². The molecule has 0 saturated carbocycles. The Balaban J connectivity index is 1.47. The summed E-state index contributed by atoms with van der Waals surface area (Å²) in [6.45, 7) is 4.51. The van der Waals surface area contributed by atoms with Gasteiger partial charge in [0.05, 0.1) is 28.9 Å². The lowest BCUT2D eigenvalue weighted by Crippen LogP contribution is -2.33. The predicted molar refractivity (Wildman–Crippen MR) is 102 cm³/mol. The predicted octanol–water partition coefficient (Wildman–Crippen LogP) is 4.36. The van der Waals surface area contributed by atoms with Gasteiger partial charge in [-0.15, -0.1) is 11.3 Å². The van der Waals surface area contributed by atoms with Crippen LogP contribution in [0, 0.1) is 6.92 Å². The van der Waals surface area contributed by atoms with Crippen molar-refractivity contribution in [3.63, 3.8) is 0 Å². The number of likely N-dealkylation sites (tertiary alicyclic amines) is 1. The lowest BCUT2D eigenvalue weighted by atomic mass is 9.98. The van der Waals surface area contributed by atoms with E-state index in [0.717, 1.165) is 30.8 Å². The van der Waals surface area contributed by atoms with Crippen molar-refractivity contribution in [3.05, 3.63) is 52.4 Å². The Bertz CT molecular complexity index is 897. The second-order valence-electron chi connectivity index (χ2n) is 6.77. The number of fused-ring (bicyclic) bond motifs is 1. The molecular formula is C20H22N2O3S. The molecule has 1 atom stereocenters. The number of hydrogen-bond donors (Lipinski definition) is 0. The number of carbonyl (C=O) groups is 1. The minimum Gasteiger partial charge on any atom is -0.465 e. The Morgan fingerprint density at radius 1 is 1.42 bits per heavy atom. The number of furan rings is 1. The monoisotopic (exact) mass is 370 g/mol. The van der Waals surface area contributed by atoms with E-state index in [4.69, 9.17) is 14.1 Å². The highest BCUT2D eigenvalue weighted by Gasteiger charge is 2.25. The van der Waals surface area contributed by atoms with Crippen LogP contribution in [0.4, 0.5) is 0 Å². The van der Waals surface area contributed by atoms with E-state index in [0.29, 0.717) is 23.8 Å². The first-order valence-corrected chi connectivity index (χ1v) is 9.71. The first-order chi connectivity index (χ1) is 12.6. The molecule has 26 heavy (non-hydrogen) atoms. The van der Waals surface area contributed by atoms with Crippen molar-refractivity contribution in [1.82, 2.24) is 9.88 Å². The molecule has 1 aromatic carbocycles. The van der Waals surface area contributed by atoms with Crippen molar-refractivity contribution in [2.24, 2.45) is 0 Å². The fraction of sp³-hybridized carbons (Fsp3) is 0.400. The molecule has 0 spiro atoms. The number of aromatic nitrogens is 1. The largest absolute Gasteiger partial charge is 0.465 e. The Hall–Kier alpha value is -2.18. The molecule has 0 N–H and O–H groups in total.